The van der Waals surface area contributed by atoms with Crippen LogP contribution in [0.5, 0.6) is 11.5 Å². The van der Waals surface area contributed by atoms with Crippen LogP contribution in [0.3, 0.4) is 0 Å². The number of amides is 1. The smallest absolute Gasteiger partial charge is 0.255 e. The molecule has 2 aromatic rings. The highest BCUT2D eigenvalue weighted by atomic mass is 35.5. The molecule has 1 amide bonds. The molecule has 0 atom stereocenters. The molecule has 0 unspecified atom stereocenters. The van der Waals surface area contributed by atoms with E-state index in [-0.39, 0.29) is 5.91 Å². The van der Waals surface area contributed by atoms with E-state index in [4.69, 9.17) is 32.7 Å². The maximum Gasteiger partial charge on any atom is 0.255 e. The quantitative estimate of drug-likeness (QED) is 0.780. The van der Waals surface area contributed by atoms with E-state index in [9.17, 15) is 4.79 Å². The van der Waals surface area contributed by atoms with Crippen LogP contribution in [0.2, 0.25) is 10.0 Å². The average Bonchev–Trinajstić information content (AvgIpc) is 2.67. The van der Waals surface area contributed by atoms with Crippen LogP contribution in [0.15, 0.2) is 36.4 Å². The number of carbonyl (C=O) groups is 1. The minimum atomic E-state index is -0.0616. The highest BCUT2D eigenvalue weighted by Gasteiger charge is 2.24. The summed E-state index contributed by atoms with van der Waals surface area (Å²) < 4.78 is 11.2. The molecule has 1 fully saturated rings. The van der Waals surface area contributed by atoms with E-state index in [0.717, 1.165) is 30.3 Å². The molecule has 5 nitrogen and oxygen atoms in total. The van der Waals surface area contributed by atoms with Crippen molar-refractivity contribution in [3.05, 3.63) is 52.0 Å². The van der Waals surface area contributed by atoms with Gasteiger partial charge in [0.1, 0.15) is 13.2 Å². The van der Waals surface area contributed by atoms with Crippen LogP contribution in [0.4, 0.5) is 5.69 Å². The Kier molecular flexibility index (Phi) is 4.83. The van der Waals surface area contributed by atoms with E-state index in [0.29, 0.717) is 41.9 Å². The van der Waals surface area contributed by atoms with Gasteiger partial charge in [-0.2, -0.15) is 0 Å². The summed E-state index contributed by atoms with van der Waals surface area (Å²) in [6.45, 7) is 3.91. The van der Waals surface area contributed by atoms with Crippen LogP contribution in [0.25, 0.3) is 0 Å². The van der Waals surface area contributed by atoms with Gasteiger partial charge in [0, 0.05) is 43.0 Å². The fourth-order valence-electron chi connectivity index (χ4n) is 3.23. The van der Waals surface area contributed by atoms with Gasteiger partial charge in [-0.1, -0.05) is 23.2 Å². The summed E-state index contributed by atoms with van der Waals surface area (Å²) in [7, 11) is 0. The van der Waals surface area contributed by atoms with Crippen LogP contribution in [0.1, 0.15) is 10.4 Å². The molecule has 7 heteroatoms. The Morgan fingerprint density at radius 2 is 1.62 bits per heavy atom. The van der Waals surface area contributed by atoms with Crippen molar-refractivity contribution in [2.24, 2.45) is 0 Å². The first-order chi connectivity index (χ1) is 12.6. The lowest BCUT2D eigenvalue weighted by Gasteiger charge is -2.36. The lowest BCUT2D eigenvalue weighted by atomic mass is 10.1. The minimum absolute atomic E-state index is 0.0616. The molecule has 4 rings (SSSR count). The molecular weight excluding hydrogens is 375 g/mol. The zero-order chi connectivity index (χ0) is 18.1. The zero-order valence-electron chi connectivity index (χ0n) is 14.1. The standard InChI is InChI=1S/C19H18Cl2N2O3/c20-13-1-3-15(16(21)11-13)19(24)23-7-5-22(6-8-23)14-2-4-17-18(12-14)26-10-9-25-17/h1-4,11-12H,5-10H2. The summed E-state index contributed by atoms with van der Waals surface area (Å²) in [6, 6.07) is 10.9. The number of hydrogen-bond donors (Lipinski definition) is 0. The first-order valence-electron chi connectivity index (χ1n) is 8.51. The Morgan fingerprint density at radius 1 is 0.885 bits per heavy atom. The van der Waals surface area contributed by atoms with Crippen LogP contribution < -0.4 is 14.4 Å². The molecule has 0 saturated carbocycles. The average molecular weight is 393 g/mol. The third-order valence-corrected chi connectivity index (χ3v) is 5.17. The molecule has 0 spiro atoms. The third-order valence-electron chi connectivity index (χ3n) is 4.62. The third kappa shape index (κ3) is 3.41. The number of carbonyl (C=O) groups excluding carboxylic acids is 1. The predicted molar refractivity (Wildman–Crippen MR) is 102 cm³/mol. The molecule has 2 aliphatic heterocycles. The van der Waals surface area contributed by atoms with Gasteiger partial charge in [0.2, 0.25) is 0 Å². The summed E-state index contributed by atoms with van der Waals surface area (Å²) in [6.07, 6.45) is 0. The largest absolute Gasteiger partial charge is 0.486 e. The second kappa shape index (κ2) is 7.25. The maximum absolute atomic E-state index is 12.7. The van der Waals surface area contributed by atoms with Gasteiger partial charge in [-0.25, -0.2) is 0 Å². The normalized spacial score (nSPS) is 16.5. The van der Waals surface area contributed by atoms with E-state index in [1.807, 2.05) is 23.1 Å². The number of nitrogens with zero attached hydrogens (tertiary/aromatic N) is 2. The zero-order valence-corrected chi connectivity index (χ0v) is 15.6. The van der Waals surface area contributed by atoms with Crippen molar-refractivity contribution in [2.75, 3.05) is 44.3 Å². The number of rotatable bonds is 2. The number of halogens is 2. The van der Waals surface area contributed by atoms with Crippen LogP contribution in [0, 0.1) is 0 Å². The first-order valence-corrected chi connectivity index (χ1v) is 9.26. The van der Waals surface area contributed by atoms with Crippen molar-refractivity contribution >= 4 is 34.8 Å². The summed E-state index contributed by atoms with van der Waals surface area (Å²) in [4.78, 5) is 16.8. The van der Waals surface area contributed by atoms with Crippen molar-refractivity contribution in [1.29, 1.82) is 0 Å². The number of hydrogen-bond acceptors (Lipinski definition) is 4. The highest BCUT2D eigenvalue weighted by molar-refractivity contribution is 6.36. The molecule has 2 aliphatic rings. The molecule has 136 valence electrons. The summed E-state index contributed by atoms with van der Waals surface area (Å²) in [5.41, 5.74) is 1.56. The van der Waals surface area contributed by atoms with Crippen molar-refractivity contribution in [3.63, 3.8) is 0 Å². The van der Waals surface area contributed by atoms with Crippen molar-refractivity contribution in [1.82, 2.24) is 4.90 Å². The fourth-order valence-corrected chi connectivity index (χ4v) is 3.72. The SMILES string of the molecule is O=C(c1ccc(Cl)cc1Cl)N1CCN(c2ccc3c(c2)OCCO3)CC1. The summed E-state index contributed by atoms with van der Waals surface area (Å²) in [5.74, 6) is 1.50. The van der Waals surface area contributed by atoms with E-state index in [1.165, 1.54) is 0 Å². The molecule has 0 radical (unpaired) electrons. The molecule has 2 heterocycles. The molecule has 26 heavy (non-hydrogen) atoms. The molecular formula is C19H18Cl2N2O3. The Labute approximate surface area is 162 Å². The van der Waals surface area contributed by atoms with Gasteiger partial charge in [-0.3, -0.25) is 4.79 Å². The molecule has 0 bridgehead atoms. The number of ether oxygens (including phenoxy) is 2. The Hall–Kier alpha value is -2.11. The topological polar surface area (TPSA) is 42.0 Å². The fraction of sp³-hybridized carbons (Fsp3) is 0.316. The van der Waals surface area contributed by atoms with Gasteiger partial charge in [0.25, 0.3) is 5.91 Å². The Balaban J connectivity index is 1.43. The molecule has 0 aromatic heterocycles. The first kappa shape index (κ1) is 17.3. The molecule has 1 saturated heterocycles. The van der Waals surface area contributed by atoms with Gasteiger partial charge in [-0.15, -0.1) is 0 Å². The van der Waals surface area contributed by atoms with Crippen molar-refractivity contribution in [3.8, 4) is 11.5 Å². The summed E-state index contributed by atoms with van der Waals surface area (Å²) in [5, 5.41) is 0.909. The number of fused-ring (bicyclic) bond motifs is 1. The molecule has 2 aromatic carbocycles. The van der Waals surface area contributed by atoms with Crippen molar-refractivity contribution < 1.29 is 14.3 Å². The van der Waals surface area contributed by atoms with Gasteiger partial charge in [0.05, 0.1) is 10.6 Å². The lowest BCUT2D eigenvalue weighted by Crippen LogP contribution is -2.48. The maximum atomic E-state index is 12.7. The van der Waals surface area contributed by atoms with E-state index in [1.54, 1.807) is 18.2 Å². The van der Waals surface area contributed by atoms with Crippen LogP contribution in [-0.4, -0.2) is 50.2 Å². The van der Waals surface area contributed by atoms with Crippen LogP contribution in [-0.2, 0) is 0 Å². The van der Waals surface area contributed by atoms with Gasteiger partial charge in [-0.05, 0) is 30.3 Å². The van der Waals surface area contributed by atoms with E-state index >= 15 is 0 Å². The molecule has 0 aliphatic carbocycles. The molecule has 0 N–H and O–H groups in total. The Bertz CT molecular complexity index is 836. The van der Waals surface area contributed by atoms with Gasteiger partial charge in [0.15, 0.2) is 11.5 Å². The second-order valence-corrected chi connectivity index (χ2v) is 7.08. The minimum Gasteiger partial charge on any atom is -0.486 e. The monoisotopic (exact) mass is 392 g/mol. The number of anilines is 1. The second-order valence-electron chi connectivity index (χ2n) is 6.23. The summed E-state index contributed by atoms with van der Waals surface area (Å²) >= 11 is 12.1. The number of benzene rings is 2. The lowest BCUT2D eigenvalue weighted by molar-refractivity contribution is 0.0747. The number of piperazine rings is 1. The van der Waals surface area contributed by atoms with Gasteiger partial charge < -0.3 is 19.3 Å². The predicted octanol–water partition coefficient (Wildman–Crippen LogP) is 3.73. The van der Waals surface area contributed by atoms with Crippen molar-refractivity contribution in [2.45, 2.75) is 0 Å². The van der Waals surface area contributed by atoms with E-state index < -0.39 is 0 Å². The van der Waals surface area contributed by atoms with Crippen LogP contribution >= 0.6 is 23.2 Å². The highest BCUT2D eigenvalue weighted by Crippen LogP contribution is 2.34. The Morgan fingerprint density at radius 3 is 2.35 bits per heavy atom. The van der Waals surface area contributed by atoms with Gasteiger partial charge >= 0.3 is 0 Å². The van der Waals surface area contributed by atoms with E-state index in [2.05, 4.69) is 4.90 Å².